The molecule has 0 unspecified atom stereocenters. The molecule has 1 aromatic heterocycles. The van der Waals surface area contributed by atoms with Gasteiger partial charge in [0, 0.05) is 10.0 Å². The van der Waals surface area contributed by atoms with Crippen molar-refractivity contribution in [3.05, 3.63) is 34.8 Å². The highest BCUT2D eigenvalue weighted by molar-refractivity contribution is 9.10. The van der Waals surface area contributed by atoms with Crippen LogP contribution in [-0.4, -0.2) is 36.5 Å². The zero-order chi connectivity index (χ0) is 18.0. The quantitative estimate of drug-likeness (QED) is 0.603. The maximum atomic E-state index is 5.44. The van der Waals surface area contributed by atoms with Crippen LogP contribution in [-0.2, 0) is 0 Å². The second-order valence-corrected chi connectivity index (χ2v) is 6.35. The Balaban J connectivity index is 2.15. The average molecular weight is 422 g/mol. The van der Waals surface area contributed by atoms with E-state index in [-0.39, 0.29) is 0 Å². The molecule has 0 fully saturated rings. The molecular formula is C17H16BrN3O3S. The van der Waals surface area contributed by atoms with Crippen LogP contribution in [0.5, 0.6) is 17.2 Å². The number of rotatable bonds is 5. The molecule has 1 N–H and O–H groups in total. The van der Waals surface area contributed by atoms with Gasteiger partial charge in [-0.1, -0.05) is 22.0 Å². The number of aromatic amines is 1. The van der Waals surface area contributed by atoms with Gasteiger partial charge in [0.15, 0.2) is 17.3 Å². The molecule has 0 aliphatic carbocycles. The highest BCUT2D eigenvalue weighted by Crippen LogP contribution is 2.43. The van der Waals surface area contributed by atoms with Crippen LogP contribution in [0.3, 0.4) is 0 Å². The first kappa shape index (κ1) is 17.6. The first-order chi connectivity index (χ1) is 12.1. The number of ether oxygens (including phenoxy) is 3. The molecule has 25 heavy (non-hydrogen) atoms. The van der Waals surface area contributed by atoms with Gasteiger partial charge in [0.1, 0.15) is 0 Å². The van der Waals surface area contributed by atoms with E-state index in [1.165, 1.54) is 0 Å². The molecule has 2 aromatic carbocycles. The molecule has 130 valence electrons. The van der Waals surface area contributed by atoms with E-state index in [1.54, 1.807) is 21.3 Å². The zero-order valence-corrected chi connectivity index (χ0v) is 16.3. The van der Waals surface area contributed by atoms with E-state index < -0.39 is 0 Å². The molecule has 1 heterocycles. The molecule has 6 nitrogen and oxygen atoms in total. The Bertz CT molecular complexity index is 889. The lowest BCUT2D eigenvalue weighted by atomic mass is 10.0. The van der Waals surface area contributed by atoms with E-state index in [0.29, 0.717) is 28.2 Å². The van der Waals surface area contributed by atoms with Gasteiger partial charge in [-0.05, 0) is 35.4 Å². The first-order valence-electron chi connectivity index (χ1n) is 7.29. The Labute approximate surface area is 159 Å². The Morgan fingerprint density at radius 3 is 2.16 bits per heavy atom. The summed E-state index contributed by atoms with van der Waals surface area (Å²) >= 11 is 7.74. The lowest BCUT2D eigenvalue weighted by Gasteiger charge is -2.15. The Morgan fingerprint density at radius 1 is 0.960 bits per heavy atom. The van der Waals surface area contributed by atoms with Crippen molar-refractivity contribution in [2.24, 2.45) is 0 Å². The molecule has 0 atom stereocenters. The lowest BCUT2D eigenvalue weighted by molar-refractivity contribution is 0.324. The molecule has 0 aliphatic rings. The summed E-state index contributed by atoms with van der Waals surface area (Å²) in [5.74, 6) is 2.38. The summed E-state index contributed by atoms with van der Waals surface area (Å²) in [5.41, 5.74) is 2.75. The number of hydrogen-bond acceptors (Lipinski definition) is 6. The number of benzene rings is 2. The smallest absolute Gasteiger partial charge is 0.205 e. The van der Waals surface area contributed by atoms with Crippen molar-refractivity contribution in [2.75, 3.05) is 21.3 Å². The molecule has 0 radical (unpaired) electrons. The van der Waals surface area contributed by atoms with Gasteiger partial charge in [0.05, 0.1) is 21.3 Å². The summed E-state index contributed by atoms with van der Waals surface area (Å²) < 4.78 is 17.2. The Morgan fingerprint density at radius 2 is 1.64 bits per heavy atom. The van der Waals surface area contributed by atoms with Crippen molar-refractivity contribution in [1.82, 2.24) is 15.2 Å². The first-order valence-corrected chi connectivity index (χ1v) is 8.53. The second-order valence-electron chi connectivity index (χ2n) is 5.09. The number of methoxy groups -OCH3 is 3. The standard InChI is InChI=1S/C17H16BrN3O3S/c1-22-13-7-10(8-14(23-2)15(13)24-3)11-6-9(4-5-12(11)18)16-19-17(25)21-20-16/h4-8H,1-3H3,(H2,19,20,21,25). The van der Waals surface area contributed by atoms with Gasteiger partial charge in [-0.2, -0.15) is 0 Å². The summed E-state index contributed by atoms with van der Waals surface area (Å²) in [6.45, 7) is 0. The summed E-state index contributed by atoms with van der Waals surface area (Å²) in [7, 11) is 4.76. The molecule has 3 rings (SSSR count). The van der Waals surface area contributed by atoms with Crippen LogP contribution in [0.2, 0.25) is 0 Å². The summed E-state index contributed by atoms with van der Waals surface area (Å²) in [6.07, 6.45) is 0. The summed E-state index contributed by atoms with van der Waals surface area (Å²) in [6, 6.07) is 9.69. The second kappa shape index (κ2) is 7.37. The third kappa shape index (κ3) is 3.45. The fourth-order valence-corrected chi connectivity index (χ4v) is 3.14. The third-order valence-electron chi connectivity index (χ3n) is 3.69. The number of aromatic nitrogens is 3. The molecule has 0 aliphatic heterocycles. The molecule has 0 saturated heterocycles. The maximum Gasteiger partial charge on any atom is 0.205 e. The minimum absolute atomic E-state index is 0.396. The number of hydrogen-bond donors (Lipinski definition) is 2. The lowest BCUT2D eigenvalue weighted by Crippen LogP contribution is -1.96. The molecule has 3 aromatic rings. The van der Waals surface area contributed by atoms with Gasteiger partial charge >= 0.3 is 0 Å². The molecule has 0 amide bonds. The molecule has 0 saturated carbocycles. The largest absolute Gasteiger partial charge is 0.493 e. The van der Waals surface area contributed by atoms with Crippen molar-refractivity contribution < 1.29 is 14.2 Å². The fraction of sp³-hybridized carbons (Fsp3) is 0.176. The molecule has 0 spiro atoms. The van der Waals surface area contributed by atoms with E-state index in [1.807, 2.05) is 30.3 Å². The Hall–Kier alpha value is -2.19. The zero-order valence-electron chi connectivity index (χ0n) is 13.8. The van der Waals surface area contributed by atoms with Crippen LogP contribution >= 0.6 is 28.6 Å². The summed E-state index contributed by atoms with van der Waals surface area (Å²) in [4.78, 5) is 4.25. The minimum Gasteiger partial charge on any atom is -0.493 e. The van der Waals surface area contributed by atoms with Crippen molar-refractivity contribution in [3.63, 3.8) is 0 Å². The molecule has 0 bridgehead atoms. The number of H-pyrrole nitrogens is 1. The van der Waals surface area contributed by atoms with Gasteiger partial charge in [-0.3, -0.25) is 5.10 Å². The minimum atomic E-state index is 0.396. The van der Waals surface area contributed by atoms with Crippen LogP contribution in [0.25, 0.3) is 22.5 Å². The van der Waals surface area contributed by atoms with Crippen molar-refractivity contribution >= 4 is 28.6 Å². The predicted octanol–water partition coefficient (Wildman–Crippen LogP) is 4.22. The van der Waals surface area contributed by atoms with Crippen molar-refractivity contribution in [1.29, 1.82) is 0 Å². The summed E-state index contributed by atoms with van der Waals surface area (Å²) in [5, 5.41) is 7.21. The van der Waals surface area contributed by atoms with Crippen LogP contribution in [0.4, 0.5) is 0 Å². The van der Waals surface area contributed by atoms with Crippen LogP contribution in [0.1, 0.15) is 0 Å². The van der Waals surface area contributed by atoms with Gasteiger partial charge in [0.2, 0.25) is 10.9 Å². The van der Waals surface area contributed by atoms with Gasteiger partial charge in [-0.15, -0.1) is 17.7 Å². The Kier molecular flexibility index (Phi) is 5.19. The highest BCUT2D eigenvalue weighted by Gasteiger charge is 2.16. The van der Waals surface area contributed by atoms with Gasteiger partial charge in [-0.25, -0.2) is 4.98 Å². The number of nitrogens with zero attached hydrogens (tertiary/aromatic N) is 2. The van der Waals surface area contributed by atoms with Crippen molar-refractivity contribution in [3.8, 4) is 39.8 Å². The predicted molar refractivity (Wildman–Crippen MR) is 102 cm³/mol. The van der Waals surface area contributed by atoms with Crippen LogP contribution in [0, 0.1) is 0 Å². The maximum absolute atomic E-state index is 5.44. The van der Waals surface area contributed by atoms with E-state index >= 15 is 0 Å². The van der Waals surface area contributed by atoms with E-state index in [2.05, 4.69) is 43.7 Å². The monoisotopic (exact) mass is 421 g/mol. The van der Waals surface area contributed by atoms with E-state index in [9.17, 15) is 0 Å². The number of nitrogens with one attached hydrogen (secondary N) is 1. The highest BCUT2D eigenvalue weighted by atomic mass is 79.9. The number of halogens is 1. The molecular weight excluding hydrogens is 406 g/mol. The van der Waals surface area contributed by atoms with Crippen molar-refractivity contribution in [2.45, 2.75) is 5.16 Å². The number of thiol groups is 1. The molecule has 8 heteroatoms. The topological polar surface area (TPSA) is 69.3 Å². The van der Waals surface area contributed by atoms with E-state index in [0.717, 1.165) is 21.2 Å². The van der Waals surface area contributed by atoms with Gasteiger partial charge in [0.25, 0.3) is 0 Å². The van der Waals surface area contributed by atoms with Crippen LogP contribution < -0.4 is 14.2 Å². The van der Waals surface area contributed by atoms with Crippen LogP contribution in [0.15, 0.2) is 40.0 Å². The average Bonchev–Trinajstić information content (AvgIpc) is 3.07. The van der Waals surface area contributed by atoms with Gasteiger partial charge < -0.3 is 14.2 Å². The van der Waals surface area contributed by atoms with E-state index in [4.69, 9.17) is 14.2 Å². The third-order valence-corrected chi connectivity index (χ3v) is 4.58. The fourth-order valence-electron chi connectivity index (χ4n) is 2.51. The normalized spacial score (nSPS) is 10.6. The SMILES string of the molecule is COc1cc(-c2cc(-c3nc(S)n[nH]3)ccc2Br)cc(OC)c1OC.